The summed E-state index contributed by atoms with van der Waals surface area (Å²) < 4.78 is 10.5. The molecule has 0 radical (unpaired) electrons. The first-order valence-corrected chi connectivity index (χ1v) is 7.95. The summed E-state index contributed by atoms with van der Waals surface area (Å²) in [4.78, 5) is 24.3. The van der Waals surface area contributed by atoms with Crippen LogP contribution in [-0.2, 0) is 19.1 Å². The van der Waals surface area contributed by atoms with Crippen molar-refractivity contribution >= 4 is 11.9 Å². The molecule has 4 nitrogen and oxygen atoms in total. The average Bonchev–Trinajstić information content (AvgIpc) is 2.94. The van der Waals surface area contributed by atoms with Gasteiger partial charge in [0, 0.05) is 0 Å². The highest BCUT2D eigenvalue weighted by Gasteiger charge is 2.34. The molecule has 1 rings (SSSR count). The summed E-state index contributed by atoms with van der Waals surface area (Å²) in [5.41, 5.74) is 0. The molecule has 20 heavy (non-hydrogen) atoms. The minimum atomic E-state index is -0.737. The molecular formula is C16H28O4. The molecule has 1 aliphatic rings. The number of rotatable bonds is 8. The van der Waals surface area contributed by atoms with Gasteiger partial charge in [-0.15, -0.1) is 0 Å². The molecule has 116 valence electrons. The topological polar surface area (TPSA) is 52.6 Å². The third kappa shape index (κ3) is 5.51. The fourth-order valence-corrected chi connectivity index (χ4v) is 2.54. The predicted molar refractivity (Wildman–Crippen MR) is 77.2 cm³/mol. The van der Waals surface area contributed by atoms with Crippen LogP contribution in [0.15, 0.2) is 0 Å². The van der Waals surface area contributed by atoms with Crippen molar-refractivity contribution in [3.8, 4) is 0 Å². The van der Waals surface area contributed by atoms with Crippen molar-refractivity contribution in [1.82, 2.24) is 0 Å². The lowest BCUT2D eigenvalue weighted by Crippen LogP contribution is -2.31. The van der Waals surface area contributed by atoms with Crippen molar-refractivity contribution in [2.75, 3.05) is 6.61 Å². The van der Waals surface area contributed by atoms with Gasteiger partial charge >= 0.3 is 11.9 Å². The van der Waals surface area contributed by atoms with Crippen LogP contribution < -0.4 is 0 Å². The van der Waals surface area contributed by atoms with Crippen LogP contribution in [0.3, 0.4) is 0 Å². The van der Waals surface area contributed by atoms with Gasteiger partial charge in [-0.1, -0.05) is 39.5 Å². The van der Waals surface area contributed by atoms with Gasteiger partial charge in [0.15, 0.2) is 5.92 Å². The van der Waals surface area contributed by atoms with Crippen molar-refractivity contribution < 1.29 is 19.1 Å². The van der Waals surface area contributed by atoms with Crippen LogP contribution in [0.25, 0.3) is 0 Å². The Bertz CT molecular complexity index is 308. The largest absolute Gasteiger partial charge is 0.465 e. The Morgan fingerprint density at radius 1 is 1.15 bits per heavy atom. The van der Waals surface area contributed by atoms with Crippen molar-refractivity contribution in [3.05, 3.63) is 0 Å². The zero-order valence-corrected chi connectivity index (χ0v) is 13.0. The first-order valence-electron chi connectivity index (χ1n) is 7.95. The summed E-state index contributed by atoms with van der Waals surface area (Å²) in [5.74, 6) is -1.10. The van der Waals surface area contributed by atoms with Gasteiger partial charge in [0.05, 0.1) is 12.7 Å². The number of hydrogen-bond acceptors (Lipinski definition) is 4. The minimum Gasteiger partial charge on any atom is -0.465 e. The molecule has 2 atom stereocenters. The summed E-state index contributed by atoms with van der Waals surface area (Å²) in [7, 11) is 0. The summed E-state index contributed by atoms with van der Waals surface area (Å²) in [5, 5.41) is 0. The van der Waals surface area contributed by atoms with E-state index in [1.807, 2.05) is 20.8 Å². The number of carbonyl (C=O) groups excluding carboxylic acids is 2. The Morgan fingerprint density at radius 3 is 2.35 bits per heavy atom. The van der Waals surface area contributed by atoms with E-state index in [4.69, 9.17) is 9.47 Å². The molecule has 0 aromatic carbocycles. The van der Waals surface area contributed by atoms with Crippen LogP contribution in [0, 0.1) is 11.8 Å². The molecule has 2 unspecified atom stereocenters. The fourth-order valence-electron chi connectivity index (χ4n) is 2.54. The van der Waals surface area contributed by atoms with Gasteiger partial charge in [-0.05, 0) is 32.1 Å². The molecule has 4 heteroatoms. The molecule has 0 aromatic heterocycles. The molecule has 1 saturated carbocycles. The van der Waals surface area contributed by atoms with E-state index in [9.17, 15) is 9.59 Å². The van der Waals surface area contributed by atoms with Crippen molar-refractivity contribution in [3.63, 3.8) is 0 Å². The van der Waals surface area contributed by atoms with E-state index in [1.165, 1.54) is 12.8 Å². The van der Waals surface area contributed by atoms with E-state index < -0.39 is 17.9 Å². The van der Waals surface area contributed by atoms with Crippen LogP contribution in [0.2, 0.25) is 0 Å². The maximum absolute atomic E-state index is 12.2. The van der Waals surface area contributed by atoms with Crippen LogP contribution in [0.4, 0.5) is 0 Å². The second kappa shape index (κ2) is 8.98. The van der Waals surface area contributed by atoms with Gasteiger partial charge in [0.2, 0.25) is 0 Å². The second-order valence-electron chi connectivity index (χ2n) is 5.76. The lowest BCUT2D eigenvalue weighted by atomic mass is 9.93. The maximum Gasteiger partial charge on any atom is 0.320 e. The lowest BCUT2D eigenvalue weighted by molar-refractivity contribution is -0.165. The quantitative estimate of drug-likeness (QED) is 0.506. The summed E-state index contributed by atoms with van der Waals surface area (Å²) in [6.45, 7) is 6.12. The normalized spacial score (nSPS) is 18.6. The number of ether oxygens (including phenoxy) is 2. The Hall–Kier alpha value is -1.06. The fraction of sp³-hybridized carbons (Fsp3) is 0.875. The molecule has 0 aromatic rings. The molecule has 1 aliphatic carbocycles. The molecule has 0 aliphatic heterocycles. The Balaban J connectivity index is 2.61. The standard InChI is InChI=1S/C16H28O4/c1-4-10-19-15(17)14(11-13-8-6-7-9-13)16(18)20-12(3)5-2/h12-14H,4-11H2,1-3H3. The van der Waals surface area contributed by atoms with Gasteiger partial charge in [-0.2, -0.15) is 0 Å². The smallest absolute Gasteiger partial charge is 0.320 e. The second-order valence-corrected chi connectivity index (χ2v) is 5.76. The molecule has 1 fully saturated rings. The highest BCUT2D eigenvalue weighted by Crippen LogP contribution is 2.31. The van der Waals surface area contributed by atoms with Gasteiger partial charge in [-0.25, -0.2) is 0 Å². The van der Waals surface area contributed by atoms with Gasteiger partial charge in [-0.3, -0.25) is 9.59 Å². The highest BCUT2D eigenvalue weighted by atomic mass is 16.6. The molecule has 0 heterocycles. The van der Waals surface area contributed by atoms with Crippen molar-refractivity contribution in [2.24, 2.45) is 11.8 Å². The van der Waals surface area contributed by atoms with Crippen LogP contribution in [0.1, 0.15) is 65.7 Å². The van der Waals surface area contributed by atoms with Crippen molar-refractivity contribution in [2.45, 2.75) is 71.8 Å². The summed E-state index contributed by atoms with van der Waals surface area (Å²) in [6, 6.07) is 0. The minimum absolute atomic E-state index is 0.146. The third-order valence-electron chi connectivity index (χ3n) is 3.95. The molecular weight excluding hydrogens is 256 g/mol. The maximum atomic E-state index is 12.2. The Kier molecular flexibility index (Phi) is 7.63. The highest BCUT2D eigenvalue weighted by molar-refractivity contribution is 5.95. The lowest BCUT2D eigenvalue weighted by Gasteiger charge is -2.20. The van der Waals surface area contributed by atoms with E-state index in [2.05, 4.69) is 0 Å². The van der Waals surface area contributed by atoms with Gasteiger partial charge in [0.1, 0.15) is 0 Å². The summed E-state index contributed by atoms with van der Waals surface area (Å²) >= 11 is 0. The number of carbonyl (C=O) groups is 2. The Morgan fingerprint density at radius 2 is 1.80 bits per heavy atom. The molecule has 0 spiro atoms. The van der Waals surface area contributed by atoms with E-state index in [0.29, 0.717) is 18.9 Å². The predicted octanol–water partition coefficient (Wildman–Crippen LogP) is 3.48. The molecule has 0 amide bonds. The molecule has 0 N–H and O–H groups in total. The first-order chi connectivity index (χ1) is 9.58. The molecule has 0 bridgehead atoms. The molecule has 0 saturated heterocycles. The van der Waals surface area contributed by atoms with E-state index in [-0.39, 0.29) is 6.10 Å². The number of esters is 2. The zero-order chi connectivity index (χ0) is 15.0. The van der Waals surface area contributed by atoms with E-state index in [0.717, 1.165) is 25.7 Å². The zero-order valence-electron chi connectivity index (χ0n) is 13.0. The first kappa shape index (κ1) is 17.0. The van der Waals surface area contributed by atoms with Crippen LogP contribution in [-0.4, -0.2) is 24.6 Å². The van der Waals surface area contributed by atoms with E-state index in [1.54, 1.807) is 0 Å². The Labute approximate surface area is 122 Å². The monoisotopic (exact) mass is 284 g/mol. The van der Waals surface area contributed by atoms with Gasteiger partial charge < -0.3 is 9.47 Å². The average molecular weight is 284 g/mol. The van der Waals surface area contributed by atoms with Gasteiger partial charge in [0.25, 0.3) is 0 Å². The van der Waals surface area contributed by atoms with Crippen LogP contribution >= 0.6 is 0 Å². The third-order valence-corrected chi connectivity index (χ3v) is 3.95. The SMILES string of the molecule is CCCOC(=O)C(CC1CCCC1)C(=O)OC(C)CC. The van der Waals surface area contributed by atoms with Crippen molar-refractivity contribution in [1.29, 1.82) is 0 Å². The number of hydrogen-bond donors (Lipinski definition) is 0. The summed E-state index contributed by atoms with van der Waals surface area (Å²) in [6.07, 6.45) is 6.56. The van der Waals surface area contributed by atoms with E-state index >= 15 is 0 Å². The van der Waals surface area contributed by atoms with Crippen LogP contribution in [0.5, 0.6) is 0 Å².